The molecule has 0 bridgehead atoms. The van der Waals surface area contributed by atoms with Crippen LogP contribution in [0.3, 0.4) is 0 Å². The van der Waals surface area contributed by atoms with Crippen molar-refractivity contribution in [3.63, 3.8) is 0 Å². The Bertz CT molecular complexity index is 1160. The van der Waals surface area contributed by atoms with Crippen molar-refractivity contribution >= 4 is 27.7 Å². The second-order valence-corrected chi connectivity index (χ2v) is 11.6. The van der Waals surface area contributed by atoms with E-state index in [2.05, 4.69) is 27.1 Å². The number of hydrogen-bond donors (Lipinski definition) is 2. The van der Waals surface area contributed by atoms with Crippen molar-refractivity contribution in [3.05, 3.63) is 61.0 Å². The average molecular weight is 516 g/mol. The van der Waals surface area contributed by atoms with Gasteiger partial charge in [0, 0.05) is 49.8 Å². The first-order valence-electron chi connectivity index (χ1n) is 12.0. The third-order valence-electron chi connectivity index (χ3n) is 7.29. The number of piperidine rings is 1. The average Bonchev–Trinajstić information content (AvgIpc) is 2.90. The van der Waals surface area contributed by atoms with Crippen molar-refractivity contribution in [2.24, 2.45) is 0 Å². The standard InChI is InChI=1S/C25H33N5O5S/c1-3-20-4-8-25(9-5-20,36(33,34)30-17-14-27-18-22(30)31)19-24(28-23(32)35-2)10-15-29(16-11-24)21-6-12-26-13-7-21/h3-8,12-13,27H,1,9-11,14-19H2,2H3,(H,28,32). The molecule has 0 radical (unpaired) electrons. The van der Waals surface area contributed by atoms with Gasteiger partial charge in [0.25, 0.3) is 0 Å². The van der Waals surface area contributed by atoms with Gasteiger partial charge in [-0.25, -0.2) is 17.5 Å². The predicted octanol–water partition coefficient (Wildman–Crippen LogP) is 1.74. The number of ether oxygens (including phenoxy) is 1. The zero-order chi connectivity index (χ0) is 25.8. The summed E-state index contributed by atoms with van der Waals surface area (Å²) in [6.07, 6.45) is 11.0. The molecule has 0 aromatic carbocycles. The fraction of sp³-hybridized carbons (Fsp3) is 0.480. The van der Waals surface area contributed by atoms with Gasteiger partial charge in [-0.2, -0.15) is 0 Å². The molecule has 1 unspecified atom stereocenters. The van der Waals surface area contributed by atoms with Gasteiger partial charge < -0.3 is 20.3 Å². The molecule has 4 rings (SSSR count). The molecule has 0 saturated carbocycles. The molecule has 2 aliphatic heterocycles. The molecule has 36 heavy (non-hydrogen) atoms. The third kappa shape index (κ3) is 5.03. The summed E-state index contributed by atoms with van der Waals surface area (Å²) >= 11 is 0. The first kappa shape index (κ1) is 25.9. The summed E-state index contributed by atoms with van der Waals surface area (Å²) in [4.78, 5) is 31.4. The molecule has 1 aromatic rings. The number of amides is 2. The SMILES string of the molecule is C=CC1=CCC(CC2(NC(=O)OC)CCN(c3ccncc3)CC2)(S(=O)(=O)N2CCNCC2=O)C=C1. The first-order valence-corrected chi connectivity index (χ1v) is 13.5. The van der Waals surface area contributed by atoms with Crippen LogP contribution in [0.1, 0.15) is 25.7 Å². The van der Waals surface area contributed by atoms with Gasteiger partial charge >= 0.3 is 6.09 Å². The maximum atomic E-state index is 14.1. The van der Waals surface area contributed by atoms with Crippen molar-refractivity contribution in [1.29, 1.82) is 0 Å². The van der Waals surface area contributed by atoms with Crippen LogP contribution < -0.4 is 15.5 Å². The van der Waals surface area contributed by atoms with Gasteiger partial charge in [-0.3, -0.25) is 9.78 Å². The van der Waals surface area contributed by atoms with Gasteiger partial charge in [-0.05, 0) is 43.4 Å². The minimum Gasteiger partial charge on any atom is -0.453 e. The number of piperazine rings is 1. The number of nitrogens with zero attached hydrogens (tertiary/aromatic N) is 3. The highest BCUT2D eigenvalue weighted by molar-refractivity contribution is 7.91. The van der Waals surface area contributed by atoms with E-state index in [0.29, 0.717) is 32.5 Å². The second-order valence-electron chi connectivity index (χ2n) is 9.42. The summed E-state index contributed by atoms with van der Waals surface area (Å²) in [6, 6.07) is 3.85. The molecule has 1 aromatic heterocycles. The van der Waals surface area contributed by atoms with Crippen LogP contribution in [-0.4, -0.2) is 79.8 Å². The van der Waals surface area contributed by atoms with E-state index in [1.54, 1.807) is 30.6 Å². The molecule has 11 heteroatoms. The smallest absolute Gasteiger partial charge is 0.407 e. The number of nitrogens with one attached hydrogen (secondary N) is 2. The zero-order valence-electron chi connectivity index (χ0n) is 20.5. The number of pyridine rings is 1. The summed E-state index contributed by atoms with van der Waals surface area (Å²) in [6.45, 7) is 5.44. The summed E-state index contributed by atoms with van der Waals surface area (Å²) in [5, 5.41) is 5.91. The van der Waals surface area contributed by atoms with Crippen molar-refractivity contribution in [2.75, 3.05) is 44.7 Å². The van der Waals surface area contributed by atoms with Crippen molar-refractivity contribution in [1.82, 2.24) is 19.9 Å². The number of rotatable bonds is 7. The number of methoxy groups -OCH3 is 1. The highest BCUT2D eigenvalue weighted by atomic mass is 32.2. The van der Waals surface area contributed by atoms with Crippen LogP contribution in [0.4, 0.5) is 10.5 Å². The molecule has 2 fully saturated rings. The van der Waals surface area contributed by atoms with E-state index in [0.717, 1.165) is 15.6 Å². The number of carbonyl (C=O) groups is 2. The molecule has 10 nitrogen and oxygen atoms in total. The van der Waals surface area contributed by atoms with Gasteiger partial charge in [0.15, 0.2) is 0 Å². The van der Waals surface area contributed by atoms with Crippen LogP contribution in [0.5, 0.6) is 0 Å². The van der Waals surface area contributed by atoms with E-state index in [9.17, 15) is 18.0 Å². The number of alkyl carbamates (subject to hydrolysis) is 1. The van der Waals surface area contributed by atoms with Crippen LogP contribution in [0.2, 0.25) is 0 Å². The maximum Gasteiger partial charge on any atom is 0.407 e. The number of aromatic nitrogens is 1. The molecule has 194 valence electrons. The molecule has 2 amide bonds. The minimum atomic E-state index is -4.11. The molecule has 1 atom stereocenters. The summed E-state index contributed by atoms with van der Waals surface area (Å²) in [5.41, 5.74) is 0.974. The Morgan fingerprint density at radius 3 is 2.58 bits per heavy atom. The minimum absolute atomic E-state index is 0.0286. The van der Waals surface area contributed by atoms with Crippen molar-refractivity contribution < 1.29 is 22.7 Å². The fourth-order valence-corrected chi connectivity index (χ4v) is 7.33. The molecule has 3 aliphatic rings. The van der Waals surface area contributed by atoms with Crippen molar-refractivity contribution in [2.45, 2.75) is 36.0 Å². The molecule has 1 aliphatic carbocycles. The number of anilines is 1. The highest BCUT2D eigenvalue weighted by Crippen LogP contribution is 2.42. The van der Waals surface area contributed by atoms with Crippen molar-refractivity contribution in [3.8, 4) is 0 Å². The Balaban J connectivity index is 1.69. The Kier molecular flexibility index (Phi) is 7.51. The topological polar surface area (TPSA) is 121 Å². The highest BCUT2D eigenvalue weighted by Gasteiger charge is 2.53. The molecule has 2 saturated heterocycles. The van der Waals surface area contributed by atoms with Crippen LogP contribution in [0.25, 0.3) is 0 Å². The van der Waals surface area contributed by atoms with E-state index < -0.39 is 32.3 Å². The largest absolute Gasteiger partial charge is 0.453 e. The van der Waals surface area contributed by atoms with Crippen LogP contribution in [0, 0.1) is 0 Å². The Labute approximate surface area is 212 Å². The van der Waals surface area contributed by atoms with E-state index >= 15 is 0 Å². The lowest BCUT2D eigenvalue weighted by Crippen LogP contribution is -2.63. The van der Waals surface area contributed by atoms with Crippen LogP contribution in [0.15, 0.2) is 61.0 Å². The van der Waals surface area contributed by atoms with E-state index in [1.165, 1.54) is 7.11 Å². The summed E-state index contributed by atoms with van der Waals surface area (Å²) in [7, 11) is -2.82. The Hall–Kier alpha value is -3.18. The Morgan fingerprint density at radius 1 is 1.28 bits per heavy atom. The van der Waals surface area contributed by atoms with Crippen LogP contribution >= 0.6 is 0 Å². The maximum absolute atomic E-state index is 14.1. The van der Waals surface area contributed by atoms with E-state index in [4.69, 9.17) is 4.74 Å². The lowest BCUT2D eigenvalue weighted by Gasteiger charge is -2.48. The first-order chi connectivity index (χ1) is 17.2. The lowest BCUT2D eigenvalue weighted by molar-refractivity contribution is -0.126. The van der Waals surface area contributed by atoms with E-state index in [1.807, 2.05) is 18.2 Å². The van der Waals surface area contributed by atoms with Gasteiger partial charge in [0.05, 0.1) is 13.7 Å². The predicted molar refractivity (Wildman–Crippen MR) is 137 cm³/mol. The molecule has 2 N–H and O–H groups in total. The van der Waals surface area contributed by atoms with Gasteiger partial charge in [-0.15, -0.1) is 0 Å². The summed E-state index contributed by atoms with van der Waals surface area (Å²) in [5.74, 6) is -0.477. The lowest BCUT2D eigenvalue weighted by atomic mass is 9.76. The van der Waals surface area contributed by atoms with Gasteiger partial charge in [0.2, 0.25) is 15.9 Å². The number of sulfonamides is 1. The number of carbonyl (C=O) groups excluding carboxylic acids is 2. The molecular formula is C25H33N5O5S. The molecule has 3 heterocycles. The molecular weight excluding hydrogens is 482 g/mol. The summed E-state index contributed by atoms with van der Waals surface area (Å²) < 4.78 is 32.8. The number of allylic oxidation sites excluding steroid dienone is 4. The fourth-order valence-electron chi connectivity index (χ4n) is 5.24. The Morgan fingerprint density at radius 2 is 2.00 bits per heavy atom. The number of hydrogen-bond acceptors (Lipinski definition) is 8. The third-order valence-corrected chi connectivity index (χ3v) is 9.73. The second kappa shape index (κ2) is 10.4. The molecule has 0 spiro atoms. The van der Waals surface area contributed by atoms with E-state index in [-0.39, 0.29) is 25.9 Å². The zero-order valence-corrected chi connectivity index (χ0v) is 21.3. The quantitative estimate of drug-likeness (QED) is 0.563. The van der Waals surface area contributed by atoms with Gasteiger partial charge in [-0.1, -0.05) is 30.9 Å². The monoisotopic (exact) mass is 515 g/mol. The normalized spacial score (nSPS) is 24.1. The van der Waals surface area contributed by atoms with Gasteiger partial charge in [0.1, 0.15) is 4.75 Å². The van der Waals surface area contributed by atoms with Crippen LogP contribution in [-0.2, 0) is 19.6 Å².